The van der Waals surface area contributed by atoms with E-state index in [1.165, 1.54) is 0 Å². The zero-order valence-corrected chi connectivity index (χ0v) is 18.2. The second kappa shape index (κ2) is 8.87. The number of anilines is 2. The Morgan fingerprint density at radius 3 is 2.28 bits per heavy atom. The molecule has 1 saturated heterocycles. The molecule has 1 fully saturated rings. The lowest BCUT2D eigenvalue weighted by Crippen LogP contribution is -2.50. The number of amides is 2. The molecule has 2 aromatic rings. The fourth-order valence-corrected chi connectivity index (χ4v) is 3.67. The number of aryl methyl sites for hydroxylation is 2. The Kier molecular flexibility index (Phi) is 6.48. The number of piperazine rings is 1. The number of rotatable bonds is 4. The molecule has 0 aliphatic carbocycles. The summed E-state index contributed by atoms with van der Waals surface area (Å²) in [6, 6.07) is 11.2. The summed E-state index contributed by atoms with van der Waals surface area (Å²) in [5, 5.41) is 3.59. The van der Waals surface area contributed by atoms with Crippen LogP contribution in [0.4, 0.5) is 11.4 Å². The highest BCUT2D eigenvalue weighted by Crippen LogP contribution is 2.30. The van der Waals surface area contributed by atoms with E-state index in [0.29, 0.717) is 42.5 Å². The molecular weight excluding hydrogens is 386 g/mol. The Morgan fingerprint density at radius 1 is 0.966 bits per heavy atom. The number of carbonyl (C=O) groups is 2. The van der Waals surface area contributed by atoms with Crippen LogP contribution in [0.25, 0.3) is 0 Å². The number of hydrogen-bond donors (Lipinski definition) is 1. The molecule has 0 atom stereocenters. The minimum absolute atomic E-state index is 0.00453. The maximum absolute atomic E-state index is 12.8. The average Bonchev–Trinajstić information content (AvgIpc) is 2.69. The van der Waals surface area contributed by atoms with Crippen molar-refractivity contribution in [3.8, 4) is 0 Å². The zero-order valence-electron chi connectivity index (χ0n) is 17.5. The average molecular weight is 414 g/mol. The van der Waals surface area contributed by atoms with E-state index in [4.69, 9.17) is 11.6 Å². The standard InChI is InChI=1S/C23H28ClN3O2/c1-15(2)23(29)27-11-9-26(10-12-27)21-8-7-19(24)14-20(21)25-22(28)18-6-5-16(3)17(4)13-18/h5-8,13-15H,9-12H2,1-4H3,(H,25,28). The molecule has 0 aromatic heterocycles. The molecule has 2 aromatic carbocycles. The minimum atomic E-state index is -0.162. The molecular formula is C23H28ClN3O2. The van der Waals surface area contributed by atoms with Crippen LogP contribution in [0.1, 0.15) is 35.3 Å². The predicted molar refractivity (Wildman–Crippen MR) is 119 cm³/mol. The van der Waals surface area contributed by atoms with Crippen LogP contribution in [0.3, 0.4) is 0 Å². The highest BCUT2D eigenvalue weighted by Gasteiger charge is 2.24. The SMILES string of the molecule is Cc1ccc(C(=O)Nc2cc(Cl)ccc2N2CCN(C(=O)C(C)C)CC2)cc1C. The van der Waals surface area contributed by atoms with E-state index < -0.39 is 0 Å². The second-order valence-corrected chi connectivity index (χ2v) is 8.32. The summed E-state index contributed by atoms with van der Waals surface area (Å²) < 4.78 is 0. The second-order valence-electron chi connectivity index (χ2n) is 7.88. The number of carbonyl (C=O) groups excluding carboxylic acids is 2. The van der Waals surface area contributed by atoms with Crippen LogP contribution in [0.15, 0.2) is 36.4 Å². The van der Waals surface area contributed by atoms with Gasteiger partial charge in [0.2, 0.25) is 5.91 Å². The van der Waals surface area contributed by atoms with Gasteiger partial charge in [-0.3, -0.25) is 9.59 Å². The van der Waals surface area contributed by atoms with Crippen molar-refractivity contribution in [3.63, 3.8) is 0 Å². The first-order chi connectivity index (χ1) is 13.8. The molecule has 0 radical (unpaired) electrons. The molecule has 3 rings (SSSR count). The molecule has 0 bridgehead atoms. The van der Waals surface area contributed by atoms with Crippen molar-refractivity contribution in [2.45, 2.75) is 27.7 Å². The largest absolute Gasteiger partial charge is 0.366 e. The predicted octanol–water partition coefficient (Wildman–Crippen LogP) is 4.51. The molecule has 154 valence electrons. The number of nitrogens with one attached hydrogen (secondary N) is 1. The highest BCUT2D eigenvalue weighted by atomic mass is 35.5. The fourth-order valence-electron chi connectivity index (χ4n) is 3.49. The summed E-state index contributed by atoms with van der Waals surface area (Å²) in [5.74, 6) is 0.0270. The summed E-state index contributed by atoms with van der Waals surface area (Å²) >= 11 is 6.21. The lowest BCUT2D eigenvalue weighted by atomic mass is 10.1. The Hall–Kier alpha value is -2.53. The van der Waals surface area contributed by atoms with Crippen LogP contribution < -0.4 is 10.2 Å². The maximum atomic E-state index is 12.8. The highest BCUT2D eigenvalue weighted by molar-refractivity contribution is 6.31. The van der Waals surface area contributed by atoms with Gasteiger partial charge in [0.25, 0.3) is 5.91 Å². The Balaban J connectivity index is 1.77. The van der Waals surface area contributed by atoms with Crippen molar-refractivity contribution in [1.82, 2.24) is 4.90 Å². The van der Waals surface area contributed by atoms with E-state index in [1.807, 2.05) is 62.9 Å². The van der Waals surface area contributed by atoms with Crippen molar-refractivity contribution in [2.75, 3.05) is 36.4 Å². The molecule has 0 spiro atoms. The molecule has 1 heterocycles. The van der Waals surface area contributed by atoms with E-state index >= 15 is 0 Å². The van der Waals surface area contributed by atoms with Crippen LogP contribution in [0.2, 0.25) is 5.02 Å². The third-order valence-corrected chi connectivity index (χ3v) is 5.64. The molecule has 5 nitrogen and oxygen atoms in total. The summed E-state index contributed by atoms with van der Waals surface area (Å²) in [6.45, 7) is 10.6. The molecule has 2 amide bonds. The summed E-state index contributed by atoms with van der Waals surface area (Å²) in [7, 11) is 0. The van der Waals surface area contributed by atoms with Gasteiger partial charge in [0, 0.05) is 42.7 Å². The third-order valence-electron chi connectivity index (χ3n) is 5.40. The number of hydrogen-bond acceptors (Lipinski definition) is 3. The number of halogens is 1. The van der Waals surface area contributed by atoms with Gasteiger partial charge in [-0.2, -0.15) is 0 Å². The quantitative estimate of drug-likeness (QED) is 0.802. The molecule has 1 N–H and O–H groups in total. The van der Waals surface area contributed by atoms with Crippen LogP contribution in [-0.2, 0) is 4.79 Å². The molecule has 1 aliphatic heterocycles. The van der Waals surface area contributed by atoms with Gasteiger partial charge in [0.1, 0.15) is 0 Å². The van der Waals surface area contributed by atoms with Gasteiger partial charge < -0.3 is 15.1 Å². The molecule has 0 unspecified atom stereocenters. The Labute approximate surface area is 177 Å². The topological polar surface area (TPSA) is 52.7 Å². The van der Waals surface area contributed by atoms with E-state index in [2.05, 4.69) is 10.2 Å². The third kappa shape index (κ3) is 4.91. The fraction of sp³-hybridized carbons (Fsp3) is 0.391. The van der Waals surface area contributed by atoms with Crippen molar-refractivity contribution < 1.29 is 9.59 Å². The number of nitrogens with zero attached hydrogens (tertiary/aromatic N) is 2. The lowest BCUT2D eigenvalue weighted by molar-refractivity contribution is -0.134. The van der Waals surface area contributed by atoms with Crippen LogP contribution >= 0.6 is 11.6 Å². The van der Waals surface area contributed by atoms with Gasteiger partial charge in [-0.15, -0.1) is 0 Å². The van der Waals surface area contributed by atoms with Gasteiger partial charge in [-0.1, -0.05) is 31.5 Å². The van der Waals surface area contributed by atoms with Crippen LogP contribution in [0, 0.1) is 19.8 Å². The normalized spacial score (nSPS) is 14.3. The van der Waals surface area contributed by atoms with Gasteiger partial charge >= 0.3 is 0 Å². The summed E-state index contributed by atoms with van der Waals surface area (Å²) in [5.41, 5.74) is 4.45. The van der Waals surface area contributed by atoms with E-state index in [0.717, 1.165) is 16.8 Å². The van der Waals surface area contributed by atoms with Crippen molar-refractivity contribution in [3.05, 3.63) is 58.1 Å². The molecule has 1 aliphatic rings. The molecule has 6 heteroatoms. The maximum Gasteiger partial charge on any atom is 0.255 e. The van der Waals surface area contributed by atoms with Gasteiger partial charge in [-0.05, 0) is 55.3 Å². The van der Waals surface area contributed by atoms with Gasteiger partial charge in [0.15, 0.2) is 0 Å². The van der Waals surface area contributed by atoms with Gasteiger partial charge in [0.05, 0.1) is 11.4 Å². The molecule has 0 saturated carbocycles. The van der Waals surface area contributed by atoms with Gasteiger partial charge in [-0.25, -0.2) is 0 Å². The summed E-state index contributed by atoms with van der Waals surface area (Å²) in [4.78, 5) is 29.2. The van der Waals surface area contributed by atoms with Crippen molar-refractivity contribution in [1.29, 1.82) is 0 Å². The zero-order chi connectivity index (χ0) is 21.1. The Morgan fingerprint density at radius 2 is 1.66 bits per heavy atom. The van der Waals surface area contributed by atoms with E-state index in [1.54, 1.807) is 6.07 Å². The van der Waals surface area contributed by atoms with Crippen LogP contribution in [0.5, 0.6) is 0 Å². The monoisotopic (exact) mass is 413 g/mol. The smallest absolute Gasteiger partial charge is 0.255 e. The Bertz CT molecular complexity index is 918. The van der Waals surface area contributed by atoms with E-state index in [9.17, 15) is 9.59 Å². The first-order valence-corrected chi connectivity index (χ1v) is 10.4. The van der Waals surface area contributed by atoms with Crippen LogP contribution in [-0.4, -0.2) is 42.9 Å². The molecule has 29 heavy (non-hydrogen) atoms. The lowest BCUT2D eigenvalue weighted by Gasteiger charge is -2.37. The number of benzene rings is 2. The van der Waals surface area contributed by atoms with E-state index in [-0.39, 0.29) is 17.7 Å². The summed E-state index contributed by atoms with van der Waals surface area (Å²) in [6.07, 6.45) is 0. The van der Waals surface area contributed by atoms with Crippen molar-refractivity contribution in [2.24, 2.45) is 5.92 Å². The first-order valence-electron chi connectivity index (χ1n) is 9.98. The minimum Gasteiger partial charge on any atom is -0.366 e. The van der Waals surface area contributed by atoms with Crippen molar-refractivity contribution >= 4 is 34.8 Å². The first kappa shape index (κ1) is 21.2.